The Hall–Kier alpha value is -1.51. The van der Waals surface area contributed by atoms with E-state index in [1.807, 2.05) is 0 Å². The summed E-state index contributed by atoms with van der Waals surface area (Å²) in [7, 11) is 0. The molecule has 1 saturated heterocycles. The molecule has 110 valence electrons. The summed E-state index contributed by atoms with van der Waals surface area (Å²) in [5, 5.41) is 37.8. The van der Waals surface area contributed by atoms with Gasteiger partial charge in [-0.25, -0.2) is 4.79 Å². The number of esters is 1. The third-order valence-electron chi connectivity index (χ3n) is 3.08. The van der Waals surface area contributed by atoms with Crippen molar-refractivity contribution in [3.63, 3.8) is 0 Å². The van der Waals surface area contributed by atoms with Gasteiger partial charge in [0.15, 0.2) is 6.29 Å². The highest BCUT2D eigenvalue weighted by Gasteiger charge is 2.43. The second-order valence-electron chi connectivity index (χ2n) is 4.50. The fourth-order valence-electron chi connectivity index (χ4n) is 1.88. The lowest BCUT2D eigenvalue weighted by Crippen LogP contribution is -2.58. The topological polar surface area (TPSA) is 116 Å². The Labute approximate surface area is 115 Å². The van der Waals surface area contributed by atoms with Gasteiger partial charge in [-0.15, -0.1) is 0 Å². The van der Waals surface area contributed by atoms with Crippen molar-refractivity contribution in [3.8, 4) is 0 Å². The summed E-state index contributed by atoms with van der Waals surface area (Å²) in [5.74, 6) is -0.614. The lowest BCUT2D eigenvalue weighted by Gasteiger charge is -2.37. The molecule has 5 atom stereocenters. The number of aliphatic hydroxyl groups excluding tert-OH is 4. The van der Waals surface area contributed by atoms with E-state index in [1.54, 1.807) is 30.3 Å². The summed E-state index contributed by atoms with van der Waals surface area (Å²) in [5.41, 5.74) is 0.332. The smallest absolute Gasteiger partial charge is 0.338 e. The molecule has 20 heavy (non-hydrogen) atoms. The van der Waals surface area contributed by atoms with Crippen LogP contribution in [0.25, 0.3) is 0 Å². The van der Waals surface area contributed by atoms with E-state index in [-0.39, 0.29) is 6.61 Å². The zero-order valence-corrected chi connectivity index (χ0v) is 10.5. The maximum Gasteiger partial charge on any atom is 0.338 e. The van der Waals surface area contributed by atoms with E-state index in [0.717, 1.165) is 0 Å². The van der Waals surface area contributed by atoms with Crippen molar-refractivity contribution in [2.75, 3.05) is 6.61 Å². The molecule has 1 aliphatic heterocycles. The number of rotatable bonds is 3. The molecule has 0 amide bonds. The number of carbonyl (C=O) groups is 1. The van der Waals surface area contributed by atoms with Crippen LogP contribution < -0.4 is 0 Å². The lowest BCUT2D eigenvalue weighted by molar-refractivity contribution is -0.286. The van der Waals surface area contributed by atoms with Crippen LogP contribution in [0.4, 0.5) is 0 Å². The maximum atomic E-state index is 11.7. The average molecular weight is 284 g/mol. The molecule has 1 fully saturated rings. The first-order valence-corrected chi connectivity index (χ1v) is 6.10. The fourth-order valence-corrected chi connectivity index (χ4v) is 1.88. The quantitative estimate of drug-likeness (QED) is 0.507. The van der Waals surface area contributed by atoms with Gasteiger partial charge >= 0.3 is 5.97 Å². The standard InChI is InChI=1S/C13H16O7/c14-9-8(20-13(18)11(16)10(9)15)6-19-12(17)7-4-2-1-3-5-7/h1-5,8-11,13-16,18H,6H2/t8?,9-,10+,11?,13+/m1/s1. The highest BCUT2D eigenvalue weighted by molar-refractivity contribution is 5.89. The lowest BCUT2D eigenvalue weighted by atomic mass is 9.99. The van der Waals surface area contributed by atoms with Crippen LogP contribution in [0.5, 0.6) is 0 Å². The monoisotopic (exact) mass is 284 g/mol. The molecule has 1 aromatic carbocycles. The molecular formula is C13H16O7. The first kappa shape index (κ1) is 14.9. The van der Waals surface area contributed by atoms with Gasteiger partial charge in [0.2, 0.25) is 0 Å². The van der Waals surface area contributed by atoms with Crippen LogP contribution in [-0.4, -0.2) is 63.7 Å². The molecule has 1 aromatic rings. The Balaban J connectivity index is 1.92. The molecule has 4 N–H and O–H groups in total. The van der Waals surface area contributed by atoms with Crippen LogP contribution in [0.15, 0.2) is 30.3 Å². The molecule has 0 bridgehead atoms. The van der Waals surface area contributed by atoms with E-state index < -0.39 is 36.7 Å². The minimum absolute atomic E-state index is 0.332. The Bertz CT molecular complexity index is 449. The molecule has 0 saturated carbocycles. The molecule has 2 rings (SSSR count). The van der Waals surface area contributed by atoms with Crippen LogP contribution in [0.2, 0.25) is 0 Å². The van der Waals surface area contributed by atoms with E-state index in [2.05, 4.69) is 0 Å². The number of benzene rings is 1. The average Bonchev–Trinajstić information content (AvgIpc) is 2.48. The van der Waals surface area contributed by atoms with Crippen molar-refractivity contribution in [2.24, 2.45) is 0 Å². The SMILES string of the molecule is O=C(OCC1O[C@H](O)C(O)[C@@H](O)[C@@H]1O)c1ccccc1. The Morgan fingerprint density at radius 1 is 1.05 bits per heavy atom. The number of hydrogen-bond acceptors (Lipinski definition) is 7. The summed E-state index contributed by atoms with van der Waals surface area (Å²) in [6.45, 7) is -0.351. The summed E-state index contributed by atoms with van der Waals surface area (Å²) in [6.07, 6.45) is -7.40. The minimum Gasteiger partial charge on any atom is -0.459 e. The van der Waals surface area contributed by atoms with Crippen LogP contribution in [0, 0.1) is 0 Å². The third kappa shape index (κ3) is 3.14. The summed E-state index contributed by atoms with van der Waals surface area (Å²) < 4.78 is 9.83. The van der Waals surface area contributed by atoms with Crippen molar-refractivity contribution >= 4 is 5.97 Å². The number of aliphatic hydroxyl groups is 4. The molecule has 0 spiro atoms. The molecule has 0 radical (unpaired) electrons. The second-order valence-corrected chi connectivity index (χ2v) is 4.50. The van der Waals surface area contributed by atoms with Gasteiger partial charge in [-0.3, -0.25) is 0 Å². The summed E-state index contributed by atoms with van der Waals surface area (Å²) in [6, 6.07) is 8.22. The van der Waals surface area contributed by atoms with Gasteiger partial charge in [0.25, 0.3) is 0 Å². The number of carbonyl (C=O) groups excluding carboxylic acids is 1. The van der Waals surface area contributed by atoms with Crippen LogP contribution in [0.1, 0.15) is 10.4 Å². The van der Waals surface area contributed by atoms with Gasteiger partial charge in [-0.05, 0) is 12.1 Å². The molecule has 0 aromatic heterocycles. The van der Waals surface area contributed by atoms with Gasteiger partial charge < -0.3 is 29.9 Å². The van der Waals surface area contributed by atoms with E-state index in [4.69, 9.17) is 9.47 Å². The normalized spacial score (nSPS) is 33.7. The van der Waals surface area contributed by atoms with Crippen molar-refractivity contribution in [3.05, 3.63) is 35.9 Å². The second kappa shape index (κ2) is 6.29. The number of ether oxygens (including phenoxy) is 2. The van der Waals surface area contributed by atoms with E-state index in [0.29, 0.717) is 5.56 Å². The van der Waals surface area contributed by atoms with Crippen molar-refractivity contribution in [2.45, 2.75) is 30.7 Å². The molecular weight excluding hydrogens is 268 g/mol. The van der Waals surface area contributed by atoms with Crippen LogP contribution in [0.3, 0.4) is 0 Å². The summed E-state index contributed by atoms with van der Waals surface area (Å²) in [4.78, 5) is 11.7. The highest BCUT2D eigenvalue weighted by atomic mass is 16.6. The van der Waals surface area contributed by atoms with Crippen LogP contribution in [-0.2, 0) is 9.47 Å². The summed E-state index contributed by atoms with van der Waals surface area (Å²) >= 11 is 0. The minimum atomic E-state index is -1.64. The van der Waals surface area contributed by atoms with E-state index in [9.17, 15) is 25.2 Å². The Morgan fingerprint density at radius 2 is 1.70 bits per heavy atom. The maximum absolute atomic E-state index is 11.7. The zero-order valence-electron chi connectivity index (χ0n) is 10.5. The Kier molecular flexibility index (Phi) is 4.69. The van der Waals surface area contributed by atoms with E-state index in [1.165, 1.54) is 0 Å². The molecule has 7 nitrogen and oxygen atoms in total. The van der Waals surface area contributed by atoms with Gasteiger partial charge in [-0.1, -0.05) is 18.2 Å². The largest absolute Gasteiger partial charge is 0.459 e. The first-order chi connectivity index (χ1) is 9.50. The molecule has 1 heterocycles. The van der Waals surface area contributed by atoms with Crippen molar-refractivity contribution in [1.82, 2.24) is 0 Å². The molecule has 2 unspecified atom stereocenters. The molecule has 0 aliphatic carbocycles. The predicted molar refractivity (Wildman–Crippen MR) is 65.6 cm³/mol. The van der Waals surface area contributed by atoms with Gasteiger partial charge in [0.1, 0.15) is 31.0 Å². The molecule has 1 aliphatic rings. The van der Waals surface area contributed by atoms with Gasteiger partial charge in [0, 0.05) is 0 Å². The van der Waals surface area contributed by atoms with Crippen molar-refractivity contribution in [1.29, 1.82) is 0 Å². The van der Waals surface area contributed by atoms with Gasteiger partial charge in [-0.2, -0.15) is 0 Å². The first-order valence-electron chi connectivity index (χ1n) is 6.10. The Morgan fingerprint density at radius 3 is 2.35 bits per heavy atom. The zero-order chi connectivity index (χ0) is 14.7. The van der Waals surface area contributed by atoms with E-state index >= 15 is 0 Å². The van der Waals surface area contributed by atoms with Crippen LogP contribution >= 0.6 is 0 Å². The fraction of sp³-hybridized carbons (Fsp3) is 0.462. The van der Waals surface area contributed by atoms with Crippen molar-refractivity contribution < 1.29 is 34.7 Å². The number of hydrogen-bond donors (Lipinski definition) is 4. The predicted octanol–water partition coefficient (Wildman–Crippen LogP) is -1.36. The third-order valence-corrected chi connectivity index (χ3v) is 3.08. The van der Waals surface area contributed by atoms with Gasteiger partial charge in [0.05, 0.1) is 5.56 Å². The molecule has 7 heteroatoms. The highest BCUT2D eigenvalue weighted by Crippen LogP contribution is 2.20.